The van der Waals surface area contributed by atoms with Crippen LogP contribution < -0.4 is 15.4 Å². The van der Waals surface area contributed by atoms with Gasteiger partial charge in [-0.05, 0) is 61.7 Å². The van der Waals surface area contributed by atoms with Crippen molar-refractivity contribution in [3.05, 3.63) is 59.7 Å². The van der Waals surface area contributed by atoms with Crippen LogP contribution in [0.25, 0.3) is 0 Å². The molecule has 0 saturated carbocycles. The summed E-state index contributed by atoms with van der Waals surface area (Å²) < 4.78 is 5.14. The third-order valence-corrected chi connectivity index (χ3v) is 3.64. The van der Waals surface area contributed by atoms with Crippen molar-refractivity contribution < 1.29 is 4.74 Å². The molecule has 0 aromatic heterocycles. The lowest BCUT2D eigenvalue weighted by molar-refractivity contribution is 0.401. The number of thiocarbonyl (C=S) groups is 1. The van der Waals surface area contributed by atoms with Crippen molar-refractivity contribution in [3.63, 3.8) is 0 Å². The highest BCUT2D eigenvalue weighted by atomic mass is 32.1. The number of rotatable bonds is 6. The molecule has 0 aliphatic heterocycles. The molecule has 0 spiro atoms. The number of methoxy groups -OCH3 is 1. The zero-order valence-corrected chi connectivity index (χ0v) is 14.6. The molecule has 0 aliphatic rings. The van der Waals surface area contributed by atoms with Gasteiger partial charge in [-0.1, -0.05) is 24.3 Å². The van der Waals surface area contributed by atoms with Crippen molar-refractivity contribution in [3.8, 4) is 5.75 Å². The maximum atomic E-state index is 5.36. The van der Waals surface area contributed by atoms with Crippen molar-refractivity contribution in [2.24, 2.45) is 0 Å². The lowest BCUT2D eigenvalue weighted by atomic mass is 10.1. The molecule has 0 saturated heterocycles. The van der Waals surface area contributed by atoms with E-state index in [1.165, 1.54) is 11.1 Å². The third kappa shape index (κ3) is 5.54. The van der Waals surface area contributed by atoms with E-state index >= 15 is 0 Å². The molecule has 122 valence electrons. The molecule has 23 heavy (non-hydrogen) atoms. The zero-order chi connectivity index (χ0) is 16.7. The second-order valence-corrected chi connectivity index (χ2v) is 5.95. The van der Waals surface area contributed by atoms with Gasteiger partial charge < -0.3 is 20.3 Å². The molecule has 2 N–H and O–H groups in total. The van der Waals surface area contributed by atoms with E-state index in [4.69, 9.17) is 17.0 Å². The number of nitrogens with one attached hydrogen (secondary N) is 2. The van der Waals surface area contributed by atoms with E-state index in [0.717, 1.165) is 18.0 Å². The van der Waals surface area contributed by atoms with Gasteiger partial charge in [0.1, 0.15) is 5.75 Å². The van der Waals surface area contributed by atoms with Gasteiger partial charge in [0.15, 0.2) is 5.11 Å². The fraction of sp³-hybridized carbons (Fsp3) is 0.278. The molecule has 2 rings (SSSR count). The monoisotopic (exact) mass is 329 g/mol. The first kappa shape index (κ1) is 17.2. The summed E-state index contributed by atoms with van der Waals surface area (Å²) in [6.45, 7) is 1.61. The van der Waals surface area contributed by atoms with Gasteiger partial charge in [-0.15, -0.1) is 0 Å². The zero-order valence-electron chi connectivity index (χ0n) is 13.8. The van der Waals surface area contributed by atoms with E-state index in [1.54, 1.807) is 7.11 Å². The second-order valence-electron chi connectivity index (χ2n) is 5.54. The fourth-order valence-electron chi connectivity index (χ4n) is 2.25. The summed E-state index contributed by atoms with van der Waals surface area (Å²) in [6.07, 6.45) is 0. The van der Waals surface area contributed by atoms with Crippen LogP contribution in [0.4, 0.5) is 5.69 Å². The molecule has 0 fully saturated rings. The van der Waals surface area contributed by atoms with E-state index in [0.29, 0.717) is 11.7 Å². The molecule has 0 aliphatic carbocycles. The molecule has 4 nitrogen and oxygen atoms in total. The Morgan fingerprint density at radius 2 is 1.70 bits per heavy atom. The molecular weight excluding hydrogens is 306 g/mol. The summed E-state index contributed by atoms with van der Waals surface area (Å²) in [5, 5.41) is 7.04. The Hall–Kier alpha value is -2.11. The summed E-state index contributed by atoms with van der Waals surface area (Å²) in [5.74, 6) is 0.826. The first-order valence-corrected chi connectivity index (χ1v) is 7.89. The third-order valence-electron chi connectivity index (χ3n) is 3.39. The highest BCUT2D eigenvalue weighted by Crippen LogP contribution is 2.15. The molecule has 0 unspecified atom stereocenters. The predicted octanol–water partition coefficient (Wildman–Crippen LogP) is 3.24. The lowest BCUT2D eigenvalue weighted by Crippen LogP contribution is -2.28. The minimum atomic E-state index is 0.606. The standard InChI is InChI=1S/C18H23N3OS/c1-21(2)13-15-7-5-4-6-14(15)12-19-18(23)20-16-8-10-17(22-3)11-9-16/h4-11H,12-13H2,1-3H3,(H2,19,20,23). The minimum Gasteiger partial charge on any atom is -0.497 e. The molecular formula is C18H23N3OS. The molecule has 0 atom stereocenters. The first-order chi connectivity index (χ1) is 11.1. The quantitative estimate of drug-likeness (QED) is 0.796. The van der Waals surface area contributed by atoms with E-state index in [2.05, 4.69) is 53.9 Å². The van der Waals surface area contributed by atoms with Crippen LogP contribution in [-0.4, -0.2) is 31.2 Å². The van der Waals surface area contributed by atoms with Crippen molar-refractivity contribution >= 4 is 23.0 Å². The van der Waals surface area contributed by atoms with Gasteiger partial charge in [0, 0.05) is 18.8 Å². The Balaban J connectivity index is 1.91. The van der Waals surface area contributed by atoms with Gasteiger partial charge in [0.25, 0.3) is 0 Å². The van der Waals surface area contributed by atoms with Gasteiger partial charge in [-0.2, -0.15) is 0 Å². The highest BCUT2D eigenvalue weighted by molar-refractivity contribution is 7.80. The highest BCUT2D eigenvalue weighted by Gasteiger charge is 2.04. The Morgan fingerprint density at radius 3 is 2.30 bits per heavy atom. The summed E-state index contributed by atoms with van der Waals surface area (Å²) in [5.41, 5.74) is 3.49. The molecule has 0 radical (unpaired) electrons. The Kier molecular flexibility index (Phi) is 6.38. The maximum absolute atomic E-state index is 5.36. The van der Waals surface area contributed by atoms with Crippen LogP contribution in [0, 0.1) is 0 Å². The second kappa shape index (κ2) is 8.50. The van der Waals surface area contributed by atoms with Crippen molar-refractivity contribution in [1.82, 2.24) is 10.2 Å². The van der Waals surface area contributed by atoms with Crippen LogP contribution in [0.15, 0.2) is 48.5 Å². The summed E-state index contributed by atoms with van der Waals surface area (Å²) in [6, 6.07) is 16.1. The molecule has 5 heteroatoms. The molecule has 2 aromatic carbocycles. The van der Waals surface area contributed by atoms with E-state index in [1.807, 2.05) is 24.3 Å². The van der Waals surface area contributed by atoms with Crippen LogP contribution in [0.2, 0.25) is 0 Å². The summed E-state index contributed by atoms with van der Waals surface area (Å²) in [4.78, 5) is 2.16. The lowest BCUT2D eigenvalue weighted by Gasteiger charge is -2.16. The van der Waals surface area contributed by atoms with Crippen molar-refractivity contribution in [1.29, 1.82) is 0 Å². The van der Waals surface area contributed by atoms with E-state index in [9.17, 15) is 0 Å². The van der Waals surface area contributed by atoms with Gasteiger partial charge in [-0.3, -0.25) is 0 Å². The number of ether oxygens (including phenoxy) is 1. The summed E-state index contributed by atoms with van der Waals surface area (Å²) >= 11 is 5.36. The molecule has 2 aromatic rings. The number of hydrogen-bond acceptors (Lipinski definition) is 3. The van der Waals surface area contributed by atoms with Crippen LogP contribution in [-0.2, 0) is 13.1 Å². The molecule has 0 amide bonds. The molecule has 0 heterocycles. The topological polar surface area (TPSA) is 36.5 Å². The summed E-state index contributed by atoms with van der Waals surface area (Å²) in [7, 11) is 5.79. The van der Waals surface area contributed by atoms with Gasteiger partial charge >= 0.3 is 0 Å². The normalized spacial score (nSPS) is 10.4. The maximum Gasteiger partial charge on any atom is 0.171 e. The predicted molar refractivity (Wildman–Crippen MR) is 99.9 cm³/mol. The van der Waals surface area contributed by atoms with Crippen molar-refractivity contribution in [2.75, 3.05) is 26.5 Å². The Labute approximate surface area is 143 Å². The van der Waals surface area contributed by atoms with Crippen LogP contribution in [0.1, 0.15) is 11.1 Å². The number of nitrogens with zero attached hydrogens (tertiary/aromatic N) is 1. The number of hydrogen-bond donors (Lipinski definition) is 2. The average molecular weight is 329 g/mol. The number of benzene rings is 2. The number of anilines is 1. The molecule has 0 bridgehead atoms. The van der Waals surface area contributed by atoms with Crippen LogP contribution in [0.5, 0.6) is 5.75 Å². The van der Waals surface area contributed by atoms with Crippen molar-refractivity contribution in [2.45, 2.75) is 13.1 Å². The van der Waals surface area contributed by atoms with E-state index in [-0.39, 0.29) is 0 Å². The van der Waals surface area contributed by atoms with E-state index < -0.39 is 0 Å². The minimum absolute atomic E-state index is 0.606. The van der Waals surface area contributed by atoms with Gasteiger partial charge in [0.05, 0.1) is 7.11 Å². The Morgan fingerprint density at radius 1 is 1.04 bits per heavy atom. The SMILES string of the molecule is COc1ccc(NC(=S)NCc2ccccc2CN(C)C)cc1. The van der Waals surface area contributed by atoms with Gasteiger partial charge in [0.2, 0.25) is 0 Å². The van der Waals surface area contributed by atoms with Gasteiger partial charge in [-0.25, -0.2) is 0 Å². The van der Waals surface area contributed by atoms with Crippen LogP contribution in [0.3, 0.4) is 0 Å². The fourth-order valence-corrected chi connectivity index (χ4v) is 2.44. The smallest absolute Gasteiger partial charge is 0.171 e. The average Bonchev–Trinajstić information content (AvgIpc) is 2.54. The van der Waals surface area contributed by atoms with Crippen LogP contribution >= 0.6 is 12.2 Å². The first-order valence-electron chi connectivity index (χ1n) is 7.49. The Bertz CT molecular complexity index is 641. The largest absolute Gasteiger partial charge is 0.497 e.